The van der Waals surface area contributed by atoms with Gasteiger partial charge >= 0.3 is 0 Å². The summed E-state index contributed by atoms with van der Waals surface area (Å²) in [4.78, 5) is 15.4. The van der Waals surface area contributed by atoms with E-state index >= 15 is 0 Å². The minimum Gasteiger partial charge on any atom is -0.480 e. The number of hydrogen-bond donors (Lipinski definition) is 1. The number of piperidine rings is 1. The first kappa shape index (κ1) is 22.6. The SMILES string of the molecule is CC[C@@H]1Oc2ccccc2C2CCC(CC2)OC[C@H]2[C@@H](NS(C)(=O)=O)CCCN2C1=O. The minimum absolute atomic E-state index is 0.0857. The van der Waals surface area contributed by atoms with Crippen molar-refractivity contribution in [1.29, 1.82) is 0 Å². The van der Waals surface area contributed by atoms with Gasteiger partial charge in [-0.15, -0.1) is 0 Å². The molecule has 7 nitrogen and oxygen atoms in total. The molecule has 1 N–H and O–H groups in total. The fourth-order valence-electron chi connectivity index (χ4n) is 5.30. The zero-order chi connectivity index (χ0) is 22.0. The Hall–Kier alpha value is -1.64. The van der Waals surface area contributed by atoms with Gasteiger partial charge in [0.1, 0.15) is 5.75 Å². The summed E-state index contributed by atoms with van der Waals surface area (Å²) in [5.74, 6) is 1.12. The molecule has 0 aromatic heterocycles. The summed E-state index contributed by atoms with van der Waals surface area (Å²) in [6.07, 6.45) is 6.67. The summed E-state index contributed by atoms with van der Waals surface area (Å²) in [5.41, 5.74) is 1.18. The van der Waals surface area contributed by atoms with Gasteiger partial charge in [0.15, 0.2) is 6.10 Å². The highest BCUT2D eigenvalue weighted by Crippen LogP contribution is 2.39. The molecule has 1 saturated carbocycles. The number of hydrogen-bond acceptors (Lipinski definition) is 5. The van der Waals surface area contributed by atoms with E-state index in [1.54, 1.807) is 4.90 Å². The maximum atomic E-state index is 13.6. The van der Waals surface area contributed by atoms with E-state index in [2.05, 4.69) is 10.8 Å². The van der Waals surface area contributed by atoms with Crippen LogP contribution >= 0.6 is 0 Å². The number of amides is 1. The highest BCUT2D eigenvalue weighted by Gasteiger charge is 2.40. The lowest BCUT2D eigenvalue weighted by Gasteiger charge is -2.42. The van der Waals surface area contributed by atoms with Gasteiger partial charge in [0.2, 0.25) is 10.0 Å². The summed E-state index contributed by atoms with van der Waals surface area (Å²) < 4.78 is 39.3. The number of ether oxygens (including phenoxy) is 2. The van der Waals surface area contributed by atoms with Gasteiger partial charge in [-0.25, -0.2) is 13.1 Å². The highest BCUT2D eigenvalue weighted by molar-refractivity contribution is 7.88. The van der Waals surface area contributed by atoms with Crippen molar-refractivity contribution in [2.24, 2.45) is 0 Å². The second-order valence-electron chi connectivity index (χ2n) is 9.10. The smallest absolute Gasteiger partial charge is 0.264 e. The average Bonchev–Trinajstić information content (AvgIpc) is 2.76. The summed E-state index contributed by atoms with van der Waals surface area (Å²) >= 11 is 0. The third-order valence-corrected chi connectivity index (χ3v) is 7.61. The number of fused-ring (bicyclic) bond motifs is 5. The van der Waals surface area contributed by atoms with E-state index in [0.29, 0.717) is 31.9 Å². The average molecular weight is 451 g/mol. The van der Waals surface area contributed by atoms with E-state index in [1.807, 2.05) is 25.1 Å². The molecule has 8 heteroatoms. The van der Waals surface area contributed by atoms with Crippen LogP contribution in [0.5, 0.6) is 5.75 Å². The quantitative estimate of drug-likeness (QED) is 0.766. The fourth-order valence-corrected chi connectivity index (χ4v) is 6.12. The molecule has 1 amide bonds. The van der Waals surface area contributed by atoms with Gasteiger partial charge in [0, 0.05) is 12.6 Å². The van der Waals surface area contributed by atoms with Crippen LogP contribution in [0.3, 0.4) is 0 Å². The van der Waals surface area contributed by atoms with Crippen molar-refractivity contribution in [1.82, 2.24) is 9.62 Å². The van der Waals surface area contributed by atoms with Crippen LogP contribution in [0, 0.1) is 0 Å². The van der Waals surface area contributed by atoms with Gasteiger partial charge in [-0.05, 0) is 62.5 Å². The number of nitrogens with zero attached hydrogens (tertiary/aromatic N) is 1. The number of nitrogens with one attached hydrogen (secondary N) is 1. The zero-order valence-corrected chi connectivity index (χ0v) is 19.3. The maximum absolute atomic E-state index is 13.6. The third-order valence-electron chi connectivity index (χ3n) is 6.88. The number of para-hydroxylation sites is 1. The standard InChI is InChI=1S/C23H34N2O5S/c1-3-21-23(26)25-14-6-8-19(24-31(2,27)28)20(25)15-29-17-12-10-16(11-13-17)18-7-4-5-9-22(18)30-21/h4-5,7,9,16-17,19-21,24H,3,6,8,10-15H2,1-2H3/t16?,17?,19-,20-,21-/m0/s1. The molecule has 2 fully saturated rings. The van der Waals surface area contributed by atoms with Gasteiger partial charge in [0.05, 0.1) is 25.0 Å². The van der Waals surface area contributed by atoms with Crippen LogP contribution in [0.15, 0.2) is 24.3 Å². The monoisotopic (exact) mass is 450 g/mol. The Labute approximate surface area is 185 Å². The molecule has 0 spiro atoms. The van der Waals surface area contributed by atoms with Crippen molar-refractivity contribution in [3.8, 4) is 5.75 Å². The predicted molar refractivity (Wildman–Crippen MR) is 119 cm³/mol. The normalized spacial score (nSPS) is 32.1. The van der Waals surface area contributed by atoms with Crippen LogP contribution in [0.4, 0.5) is 0 Å². The summed E-state index contributed by atoms with van der Waals surface area (Å²) in [6, 6.07) is 7.40. The van der Waals surface area contributed by atoms with E-state index in [1.165, 1.54) is 11.8 Å². The number of carbonyl (C=O) groups excluding carboxylic acids is 1. The van der Waals surface area contributed by atoms with E-state index < -0.39 is 16.1 Å². The van der Waals surface area contributed by atoms with Crippen molar-refractivity contribution in [2.75, 3.05) is 19.4 Å². The summed E-state index contributed by atoms with van der Waals surface area (Å²) in [5, 5.41) is 0. The van der Waals surface area contributed by atoms with Crippen LogP contribution in [-0.2, 0) is 19.6 Å². The number of sulfonamides is 1. The molecule has 1 aromatic rings. The van der Waals surface area contributed by atoms with E-state index in [4.69, 9.17) is 9.47 Å². The Balaban J connectivity index is 1.68. The summed E-state index contributed by atoms with van der Waals surface area (Å²) in [7, 11) is -3.39. The molecule has 3 heterocycles. The Morgan fingerprint density at radius 2 is 1.87 bits per heavy atom. The number of carbonyl (C=O) groups is 1. The van der Waals surface area contributed by atoms with Gasteiger partial charge in [0.25, 0.3) is 5.91 Å². The Kier molecular flexibility index (Phi) is 6.89. The van der Waals surface area contributed by atoms with Crippen molar-refractivity contribution < 1.29 is 22.7 Å². The molecule has 3 aliphatic heterocycles. The lowest BCUT2D eigenvalue weighted by molar-refractivity contribution is -0.146. The molecule has 3 atom stereocenters. The maximum Gasteiger partial charge on any atom is 0.264 e. The summed E-state index contributed by atoms with van der Waals surface area (Å²) in [6.45, 7) is 2.89. The molecule has 31 heavy (non-hydrogen) atoms. The number of rotatable bonds is 3. The molecule has 0 unspecified atom stereocenters. The molecule has 1 aliphatic carbocycles. The van der Waals surface area contributed by atoms with Gasteiger partial charge in [-0.2, -0.15) is 0 Å². The Bertz CT molecular complexity index is 882. The second-order valence-corrected chi connectivity index (χ2v) is 10.9. The van der Waals surface area contributed by atoms with Crippen LogP contribution < -0.4 is 9.46 Å². The van der Waals surface area contributed by atoms with E-state index in [0.717, 1.165) is 37.9 Å². The molecule has 1 saturated heterocycles. The minimum atomic E-state index is -3.39. The van der Waals surface area contributed by atoms with Gasteiger partial charge in [-0.1, -0.05) is 25.1 Å². The van der Waals surface area contributed by atoms with E-state index in [-0.39, 0.29) is 24.1 Å². The lowest BCUT2D eigenvalue weighted by atomic mass is 9.82. The topological polar surface area (TPSA) is 84.9 Å². The first-order valence-electron chi connectivity index (χ1n) is 11.5. The van der Waals surface area contributed by atoms with E-state index in [9.17, 15) is 13.2 Å². The fraction of sp³-hybridized carbons (Fsp3) is 0.696. The largest absolute Gasteiger partial charge is 0.480 e. The zero-order valence-electron chi connectivity index (χ0n) is 18.5. The molecular weight excluding hydrogens is 416 g/mol. The predicted octanol–water partition coefficient (Wildman–Crippen LogP) is 2.81. The second kappa shape index (κ2) is 9.46. The molecule has 2 bridgehead atoms. The van der Waals surface area contributed by atoms with Gasteiger partial charge < -0.3 is 14.4 Å². The van der Waals surface area contributed by atoms with Crippen LogP contribution in [0.1, 0.15) is 63.4 Å². The molecule has 5 rings (SSSR count). The molecule has 172 valence electrons. The molecule has 1 aromatic carbocycles. The first-order valence-corrected chi connectivity index (χ1v) is 13.4. The van der Waals surface area contributed by atoms with Crippen LogP contribution in [0.2, 0.25) is 0 Å². The Morgan fingerprint density at radius 1 is 1.13 bits per heavy atom. The van der Waals surface area contributed by atoms with Gasteiger partial charge in [-0.3, -0.25) is 4.79 Å². The van der Waals surface area contributed by atoms with Crippen molar-refractivity contribution in [2.45, 2.75) is 82.1 Å². The molecule has 4 aliphatic rings. The molecule has 0 radical (unpaired) electrons. The van der Waals surface area contributed by atoms with Crippen molar-refractivity contribution in [3.63, 3.8) is 0 Å². The van der Waals surface area contributed by atoms with Crippen LogP contribution in [0.25, 0.3) is 0 Å². The third kappa shape index (κ3) is 5.23. The molecular formula is C23H34N2O5S. The van der Waals surface area contributed by atoms with Crippen molar-refractivity contribution in [3.05, 3.63) is 29.8 Å². The highest BCUT2D eigenvalue weighted by atomic mass is 32.2. The Morgan fingerprint density at radius 3 is 2.58 bits per heavy atom. The van der Waals surface area contributed by atoms with Crippen molar-refractivity contribution >= 4 is 15.9 Å². The van der Waals surface area contributed by atoms with Crippen LogP contribution in [-0.4, -0.2) is 62.9 Å². The lowest BCUT2D eigenvalue weighted by Crippen LogP contribution is -2.61. The first-order chi connectivity index (χ1) is 14.9. The number of benzene rings is 1.